The smallest absolute Gasteiger partial charge is 0.0951 e. The van der Waals surface area contributed by atoms with Crippen LogP contribution in [0, 0.1) is 0 Å². The molecule has 0 saturated carbocycles. The highest BCUT2D eigenvalue weighted by Crippen LogP contribution is 2.34. The van der Waals surface area contributed by atoms with E-state index < -0.39 is 0 Å². The van der Waals surface area contributed by atoms with Crippen molar-refractivity contribution < 1.29 is 0 Å². The van der Waals surface area contributed by atoms with Gasteiger partial charge in [0.15, 0.2) is 0 Å². The van der Waals surface area contributed by atoms with E-state index in [1.165, 1.54) is 30.3 Å². The number of likely N-dealkylation sites (N-methyl/N-ethyl adjacent to an activating group) is 1. The van der Waals surface area contributed by atoms with Gasteiger partial charge >= 0.3 is 0 Å². The summed E-state index contributed by atoms with van der Waals surface area (Å²) in [5.41, 5.74) is 9.06. The van der Waals surface area contributed by atoms with Gasteiger partial charge in [-0.2, -0.15) is 0 Å². The van der Waals surface area contributed by atoms with Crippen LogP contribution < -0.4 is 10.6 Å². The van der Waals surface area contributed by atoms with E-state index in [0.29, 0.717) is 6.04 Å². The van der Waals surface area contributed by atoms with Gasteiger partial charge in [-0.1, -0.05) is 12.1 Å². The lowest BCUT2D eigenvalue weighted by Crippen LogP contribution is -2.36. The molecule has 0 amide bonds. The molecule has 2 unspecified atom stereocenters. The third-order valence-corrected chi connectivity index (χ3v) is 5.27. The molecule has 4 nitrogen and oxygen atoms in total. The van der Waals surface area contributed by atoms with Crippen molar-refractivity contribution >= 4 is 22.3 Å². The number of nitrogens with two attached hydrogens (primary N) is 1. The second-order valence-corrected chi connectivity index (χ2v) is 6.36. The van der Waals surface area contributed by atoms with Crippen LogP contribution in [0.4, 0.5) is 11.4 Å². The second-order valence-electron chi connectivity index (χ2n) is 6.36. The molecule has 4 rings (SSSR count). The molecule has 2 N–H and O–H groups in total. The van der Waals surface area contributed by atoms with Crippen molar-refractivity contribution in [1.82, 2.24) is 9.88 Å². The maximum absolute atomic E-state index is 6.08. The monoisotopic (exact) mass is 282 g/mol. The van der Waals surface area contributed by atoms with Crippen molar-refractivity contribution in [3.63, 3.8) is 0 Å². The molecule has 110 valence electrons. The quantitative estimate of drug-likeness (QED) is 0.816. The molecule has 21 heavy (non-hydrogen) atoms. The molecule has 4 heteroatoms. The predicted molar refractivity (Wildman–Crippen MR) is 87.6 cm³/mol. The average Bonchev–Trinajstić information content (AvgIpc) is 2.73. The maximum Gasteiger partial charge on any atom is 0.0951 e. The lowest BCUT2D eigenvalue weighted by atomic mass is 10.1. The Kier molecular flexibility index (Phi) is 3.00. The van der Waals surface area contributed by atoms with Crippen LogP contribution in [0.3, 0.4) is 0 Å². The molecular weight excluding hydrogens is 260 g/mol. The number of aromatic nitrogens is 1. The van der Waals surface area contributed by atoms with Crippen LogP contribution in [-0.2, 0) is 0 Å². The van der Waals surface area contributed by atoms with E-state index >= 15 is 0 Å². The summed E-state index contributed by atoms with van der Waals surface area (Å²) in [5, 5.41) is 1.18. The lowest BCUT2D eigenvalue weighted by Gasteiger charge is -2.28. The minimum absolute atomic E-state index is 0.682. The number of fused-ring (bicyclic) bond motifs is 3. The SMILES string of the molecule is CN1C2CCC1CN(c1ccnc3c(N)cccc13)CC2. The standard InChI is InChI=1S/C17H22N4/c1-20-12-5-6-13(20)11-21(10-8-12)16-7-9-19-17-14(16)3-2-4-15(17)18/h2-4,7,9,12-13H,5-6,8,10-11,18H2,1H3. The summed E-state index contributed by atoms with van der Waals surface area (Å²) in [7, 11) is 2.29. The van der Waals surface area contributed by atoms with Gasteiger partial charge in [0.05, 0.1) is 11.2 Å². The van der Waals surface area contributed by atoms with Crippen LogP contribution in [0.25, 0.3) is 10.9 Å². The zero-order chi connectivity index (χ0) is 14.4. The Hall–Kier alpha value is -1.81. The van der Waals surface area contributed by atoms with E-state index in [4.69, 9.17) is 5.73 Å². The Labute approximate surface area is 125 Å². The molecule has 2 aromatic rings. The lowest BCUT2D eigenvalue weighted by molar-refractivity contribution is 0.254. The van der Waals surface area contributed by atoms with Crippen molar-refractivity contribution in [2.24, 2.45) is 0 Å². The molecule has 3 heterocycles. The molecule has 2 atom stereocenters. The van der Waals surface area contributed by atoms with Crippen molar-refractivity contribution in [3.8, 4) is 0 Å². The van der Waals surface area contributed by atoms with Gasteiger partial charge in [-0.25, -0.2) is 0 Å². The second kappa shape index (κ2) is 4.88. The summed E-state index contributed by atoms with van der Waals surface area (Å²) in [5.74, 6) is 0. The average molecular weight is 282 g/mol. The molecular formula is C17H22N4. The zero-order valence-electron chi connectivity index (χ0n) is 12.5. The van der Waals surface area contributed by atoms with Crippen LogP contribution >= 0.6 is 0 Å². The molecule has 0 spiro atoms. The number of para-hydroxylation sites is 1. The van der Waals surface area contributed by atoms with Crippen LogP contribution in [0.1, 0.15) is 19.3 Å². The maximum atomic E-state index is 6.08. The minimum Gasteiger partial charge on any atom is -0.397 e. The number of rotatable bonds is 1. The summed E-state index contributed by atoms with van der Waals surface area (Å²) >= 11 is 0. The van der Waals surface area contributed by atoms with Gasteiger partial charge in [-0.15, -0.1) is 0 Å². The first-order valence-electron chi connectivity index (χ1n) is 7.84. The molecule has 2 fully saturated rings. The highest BCUT2D eigenvalue weighted by atomic mass is 15.3. The van der Waals surface area contributed by atoms with E-state index in [1.807, 2.05) is 18.3 Å². The molecule has 2 bridgehead atoms. The summed E-state index contributed by atoms with van der Waals surface area (Å²) in [6, 6.07) is 9.68. The largest absolute Gasteiger partial charge is 0.397 e. The van der Waals surface area contributed by atoms with E-state index in [2.05, 4.69) is 34.0 Å². The Morgan fingerprint density at radius 1 is 1.14 bits per heavy atom. The van der Waals surface area contributed by atoms with Gasteiger partial charge in [-0.05, 0) is 38.4 Å². The fourth-order valence-electron chi connectivity index (χ4n) is 3.99. The zero-order valence-corrected chi connectivity index (χ0v) is 12.5. The van der Waals surface area contributed by atoms with Gasteiger partial charge in [0.25, 0.3) is 0 Å². The minimum atomic E-state index is 0.682. The molecule has 2 aliphatic heterocycles. The summed E-state index contributed by atoms with van der Waals surface area (Å²) in [4.78, 5) is 9.57. The number of hydrogen-bond donors (Lipinski definition) is 1. The Bertz CT molecular complexity index is 669. The number of benzene rings is 1. The Morgan fingerprint density at radius 3 is 2.90 bits per heavy atom. The van der Waals surface area contributed by atoms with Crippen LogP contribution in [-0.4, -0.2) is 42.1 Å². The first-order valence-corrected chi connectivity index (χ1v) is 7.84. The van der Waals surface area contributed by atoms with Gasteiger partial charge < -0.3 is 10.6 Å². The molecule has 2 saturated heterocycles. The predicted octanol–water partition coefficient (Wildman–Crippen LogP) is 2.49. The summed E-state index contributed by atoms with van der Waals surface area (Å²) < 4.78 is 0. The van der Waals surface area contributed by atoms with Crippen molar-refractivity contribution in [1.29, 1.82) is 0 Å². The van der Waals surface area contributed by atoms with Gasteiger partial charge in [0.1, 0.15) is 0 Å². The third kappa shape index (κ3) is 2.05. The topological polar surface area (TPSA) is 45.4 Å². The normalized spacial score (nSPS) is 26.2. The summed E-state index contributed by atoms with van der Waals surface area (Å²) in [6.07, 6.45) is 5.82. The number of nitrogens with zero attached hydrogens (tertiary/aromatic N) is 3. The Morgan fingerprint density at radius 2 is 2.00 bits per heavy atom. The van der Waals surface area contributed by atoms with E-state index in [9.17, 15) is 0 Å². The molecule has 1 aromatic heterocycles. The van der Waals surface area contributed by atoms with E-state index in [1.54, 1.807) is 0 Å². The van der Waals surface area contributed by atoms with Gasteiger partial charge in [0, 0.05) is 42.4 Å². The first kappa shape index (κ1) is 12.9. The third-order valence-electron chi connectivity index (χ3n) is 5.27. The fraction of sp³-hybridized carbons (Fsp3) is 0.471. The Balaban J connectivity index is 1.75. The van der Waals surface area contributed by atoms with Crippen LogP contribution in [0.2, 0.25) is 0 Å². The number of pyridine rings is 1. The number of nitrogen functional groups attached to an aromatic ring is 1. The molecule has 2 aliphatic rings. The highest BCUT2D eigenvalue weighted by molar-refractivity contribution is 5.98. The van der Waals surface area contributed by atoms with Crippen molar-refractivity contribution in [2.75, 3.05) is 30.8 Å². The molecule has 1 aromatic carbocycles. The van der Waals surface area contributed by atoms with Gasteiger partial charge in [0.2, 0.25) is 0 Å². The van der Waals surface area contributed by atoms with Crippen molar-refractivity contribution in [2.45, 2.75) is 31.3 Å². The molecule has 0 radical (unpaired) electrons. The van der Waals surface area contributed by atoms with Crippen LogP contribution in [0.5, 0.6) is 0 Å². The number of hydrogen-bond acceptors (Lipinski definition) is 4. The fourth-order valence-corrected chi connectivity index (χ4v) is 3.99. The first-order chi connectivity index (χ1) is 10.2. The highest BCUT2D eigenvalue weighted by Gasteiger charge is 2.34. The molecule has 0 aliphatic carbocycles. The van der Waals surface area contributed by atoms with Crippen molar-refractivity contribution in [3.05, 3.63) is 30.5 Å². The number of anilines is 2. The van der Waals surface area contributed by atoms with E-state index in [0.717, 1.165) is 30.3 Å². The van der Waals surface area contributed by atoms with Gasteiger partial charge in [-0.3, -0.25) is 9.88 Å². The van der Waals surface area contributed by atoms with E-state index in [-0.39, 0.29) is 0 Å². The summed E-state index contributed by atoms with van der Waals surface area (Å²) in [6.45, 7) is 2.24. The van der Waals surface area contributed by atoms with Crippen LogP contribution in [0.15, 0.2) is 30.5 Å².